The normalized spacial score (nSPS) is 19.8. The molecular formula is C18H24N4O2S2. The van der Waals surface area contributed by atoms with Gasteiger partial charge in [0.2, 0.25) is 11.0 Å². The van der Waals surface area contributed by atoms with Gasteiger partial charge in [0.1, 0.15) is 5.75 Å². The van der Waals surface area contributed by atoms with E-state index in [1.807, 2.05) is 24.3 Å². The number of benzene rings is 1. The van der Waals surface area contributed by atoms with E-state index >= 15 is 0 Å². The summed E-state index contributed by atoms with van der Waals surface area (Å²) in [6.07, 6.45) is 4.78. The summed E-state index contributed by atoms with van der Waals surface area (Å²) in [5, 5.41) is 15.4. The van der Waals surface area contributed by atoms with Crippen molar-refractivity contribution in [2.75, 3.05) is 18.2 Å². The van der Waals surface area contributed by atoms with Gasteiger partial charge < -0.3 is 15.4 Å². The van der Waals surface area contributed by atoms with Crippen molar-refractivity contribution in [1.29, 1.82) is 0 Å². The van der Waals surface area contributed by atoms with Crippen molar-refractivity contribution in [3.05, 3.63) is 24.3 Å². The summed E-state index contributed by atoms with van der Waals surface area (Å²) in [6.45, 7) is 2.22. The molecule has 1 aliphatic rings. The number of anilines is 2. The number of hydrogen-bond donors (Lipinski definition) is 2. The molecule has 3 rings (SSSR count). The molecule has 2 N–H and O–H groups in total. The first-order valence-corrected chi connectivity index (χ1v) is 10.6. The topological polar surface area (TPSA) is 76.1 Å². The van der Waals surface area contributed by atoms with Gasteiger partial charge in [0.05, 0.1) is 12.9 Å². The molecule has 0 spiro atoms. The summed E-state index contributed by atoms with van der Waals surface area (Å²) in [5.74, 6) is 1.83. The lowest BCUT2D eigenvalue weighted by Crippen LogP contribution is -2.41. The molecule has 2 aromatic rings. The number of aromatic nitrogens is 2. The number of nitrogens with one attached hydrogen (secondary N) is 2. The lowest BCUT2D eigenvalue weighted by molar-refractivity contribution is -0.119. The first-order valence-electron chi connectivity index (χ1n) is 8.81. The Morgan fingerprint density at radius 2 is 2.04 bits per heavy atom. The summed E-state index contributed by atoms with van der Waals surface area (Å²) >= 11 is 2.87. The van der Waals surface area contributed by atoms with E-state index in [1.165, 1.54) is 42.4 Å². The van der Waals surface area contributed by atoms with Crippen LogP contribution in [-0.2, 0) is 4.79 Å². The van der Waals surface area contributed by atoms with E-state index < -0.39 is 0 Å². The van der Waals surface area contributed by atoms with E-state index in [-0.39, 0.29) is 5.91 Å². The highest BCUT2D eigenvalue weighted by Crippen LogP contribution is 2.28. The number of carbonyl (C=O) groups excluding carboxylic acids is 1. The van der Waals surface area contributed by atoms with E-state index in [0.29, 0.717) is 22.8 Å². The van der Waals surface area contributed by atoms with Gasteiger partial charge in [0.25, 0.3) is 0 Å². The highest BCUT2D eigenvalue weighted by molar-refractivity contribution is 8.01. The van der Waals surface area contributed by atoms with E-state index in [4.69, 9.17) is 4.74 Å². The molecular weight excluding hydrogens is 368 g/mol. The molecule has 0 aliphatic heterocycles. The van der Waals surface area contributed by atoms with Crippen LogP contribution in [0.25, 0.3) is 0 Å². The Labute approximate surface area is 162 Å². The summed E-state index contributed by atoms with van der Waals surface area (Å²) in [5.41, 5.74) is 0.919. The van der Waals surface area contributed by atoms with Crippen molar-refractivity contribution in [3.63, 3.8) is 0 Å². The molecule has 140 valence electrons. The number of amides is 1. The zero-order chi connectivity index (χ0) is 18.4. The molecule has 1 aromatic heterocycles. The minimum Gasteiger partial charge on any atom is -0.497 e. The largest absolute Gasteiger partial charge is 0.497 e. The van der Waals surface area contributed by atoms with Gasteiger partial charge in [-0.2, -0.15) is 0 Å². The maximum absolute atomic E-state index is 12.2. The minimum absolute atomic E-state index is 0.0774. The van der Waals surface area contributed by atoms with Crippen molar-refractivity contribution in [2.45, 2.75) is 43.0 Å². The SMILES string of the molecule is COc1ccc(Nc2nnc(SCC(=O)NC3CCCCC3C)s2)cc1. The van der Waals surface area contributed by atoms with Gasteiger partial charge >= 0.3 is 0 Å². The van der Waals surface area contributed by atoms with Crippen LogP contribution in [0.4, 0.5) is 10.8 Å². The van der Waals surface area contributed by atoms with Gasteiger partial charge in [-0.05, 0) is 43.0 Å². The monoisotopic (exact) mass is 392 g/mol. The first kappa shape index (κ1) is 19.0. The fourth-order valence-electron chi connectivity index (χ4n) is 3.02. The van der Waals surface area contributed by atoms with Crippen LogP contribution >= 0.6 is 23.1 Å². The summed E-state index contributed by atoms with van der Waals surface area (Å²) in [4.78, 5) is 12.2. The number of thioether (sulfide) groups is 1. The quantitative estimate of drug-likeness (QED) is 0.692. The number of carbonyl (C=O) groups is 1. The van der Waals surface area contributed by atoms with Gasteiger partial charge in [-0.1, -0.05) is 42.9 Å². The summed E-state index contributed by atoms with van der Waals surface area (Å²) in [7, 11) is 1.64. The summed E-state index contributed by atoms with van der Waals surface area (Å²) < 4.78 is 5.93. The molecule has 2 unspecified atom stereocenters. The maximum atomic E-state index is 12.2. The predicted octanol–water partition coefficient (Wildman–Crippen LogP) is 4.08. The van der Waals surface area contributed by atoms with E-state index in [2.05, 4.69) is 27.8 Å². The van der Waals surface area contributed by atoms with Crippen LogP contribution < -0.4 is 15.4 Å². The van der Waals surface area contributed by atoms with Crippen molar-refractivity contribution >= 4 is 39.8 Å². The molecule has 0 radical (unpaired) electrons. The molecule has 26 heavy (non-hydrogen) atoms. The molecule has 6 nitrogen and oxygen atoms in total. The number of ether oxygens (including phenoxy) is 1. The van der Waals surface area contributed by atoms with Crippen LogP contribution in [0.1, 0.15) is 32.6 Å². The fourth-order valence-corrected chi connectivity index (χ4v) is 4.61. The van der Waals surface area contributed by atoms with Crippen molar-refractivity contribution < 1.29 is 9.53 Å². The number of hydrogen-bond acceptors (Lipinski definition) is 7. The number of methoxy groups -OCH3 is 1. The van der Waals surface area contributed by atoms with Gasteiger partial charge in [0.15, 0.2) is 4.34 Å². The molecule has 1 fully saturated rings. The molecule has 1 saturated carbocycles. The highest BCUT2D eigenvalue weighted by Gasteiger charge is 2.22. The third kappa shape index (κ3) is 5.35. The van der Waals surface area contributed by atoms with Crippen molar-refractivity contribution in [2.24, 2.45) is 5.92 Å². The zero-order valence-corrected chi connectivity index (χ0v) is 16.7. The Balaban J connectivity index is 1.46. The van der Waals surface area contributed by atoms with E-state index in [0.717, 1.165) is 22.2 Å². The smallest absolute Gasteiger partial charge is 0.230 e. The predicted molar refractivity (Wildman–Crippen MR) is 106 cm³/mol. The van der Waals surface area contributed by atoms with Gasteiger partial charge in [-0.3, -0.25) is 4.79 Å². The molecule has 0 saturated heterocycles. The third-order valence-corrected chi connectivity index (χ3v) is 6.50. The average Bonchev–Trinajstić information content (AvgIpc) is 3.10. The Bertz CT molecular complexity index is 720. The molecule has 1 aromatic carbocycles. The summed E-state index contributed by atoms with van der Waals surface area (Å²) in [6, 6.07) is 7.93. The highest BCUT2D eigenvalue weighted by atomic mass is 32.2. The lowest BCUT2D eigenvalue weighted by atomic mass is 9.86. The van der Waals surface area contributed by atoms with Gasteiger partial charge in [-0.25, -0.2) is 0 Å². The Morgan fingerprint density at radius 3 is 2.77 bits per heavy atom. The Morgan fingerprint density at radius 1 is 1.27 bits per heavy atom. The zero-order valence-electron chi connectivity index (χ0n) is 15.0. The number of nitrogens with zero attached hydrogens (tertiary/aromatic N) is 2. The molecule has 1 heterocycles. The minimum atomic E-state index is 0.0774. The van der Waals surface area contributed by atoms with Gasteiger partial charge in [0, 0.05) is 11.7 Å². The second-order valence-electron chi connectivity index (χ2n) is 6.45. The van der Waals surface area contributed by atoms with Crippen molar-refractivity contribution in [1.82, 2.24) is 15.5 Å². The third-order valence-electron chi connectivity index (χ3n) is 4.53. The molecule has 1 aliphatic carbocycles. The average molecular weight is 393 g/mol. The maximum Gasteiger partial charge on any atom is 0.230 e. The standard InChI is InChI=1S/C18H24N4O2S2/c1-12-5-3-4-6-15(12)20-16(23)11-25-18-22-21-17(26-18)19-13-7-9-14(24-2)10-8-13/h7-10,12,15H,3-6,11H2,1-2H3,(H,19,21)(H,20,23). The number of rotatable bonds is 7. The van der Waals surface area contributed by atoms with Crippen LogP contribution in [0.2, 0.25) is 0 Å². The molecule has 1 amide bonds. The fraction of sp³-hybridized carbons (Fsp3) is 0.500. The Kier molecular flexibility index (Phi) is 6.73. The Hall–Kier alpha value is -1.80. The lowest BCUT2D eigenvalue weighted by Gasteiger charge is -2.29. The molecule has 0 bridgehead atoms. The molecule has 2 atom stereocenters. The first-order chi connectivity index (χ1) is 12.6. The second kappa shape index (κ2) is 9.23. The van der Waals surface area contributed by atoms with Crippen LogP contribution in [-0.4, -0.2) is 35.0 Å². The van der Waals surface area contributed by atoms with Crippen LogP contribution in [0.3, 0.4) is 0 Å². The molecule has 8 heteroatoms. The van der Waals surface area contributed by atoms with Crippen LogP contribution in [0.15, 0.2) is 28.6 Å². The van der Waals surface area contributed by atoms with Crippen LogP contribution in [0, 0.1) is 5.92 Å². The van der Waals surface area contributed by atoms with Gasteiger partial charge in [-0.15, -0.1) is 10.2 Å². The van der Waals surface area contributed by atoms with E-state index in [9.17, 15) is 4.79 Å². The van der Waals surface area contributed by atoms with Crippen molar-refractivity contribution in [3.8, 4) is 5.75 Å². The van der Waals surface area contributed by atoms with Crippen LogP contribution in [0.5, 0.6) is 5.75 Å². The van der Waals surface area contributed by atoms with E-state index in [1.54, 1.807) is 7.11 Å². The second-order valence-corrected chi connectivity index (χ2v) is 8.65.